The first-order valence-electron chi connectivity index (χ1n) is 22.6. The molecular formula is C50H52F12N4O4. The molecule has 6 atom stereocenters. The third-order valence-electron chi connectivity index (χ3n) is 14.1. The van der Waals surface area contributed by atoms with E-state index in [1.54, 1.807) is 0 Å². The third kappa shape index (κ3) is 12.1. The number of alkyl halides is 12. The van der Waals surface area contributed by atoms with Crippen LogP contribution in [0.25, 0.3) is 0 Å². The lowest BCUT2D eigenvalue weighted by Crippen LogP contribution is -2.56. The summed E-state index contributed by atoms with van der Waals surface area (Å²) < 4.78 is 171. The average Bonchev–Trinajstić information content (AvgIpc) is 3.88. The average molecular weight is 1000 g/mol. The van der Waals surface area contributed by atoms with Gasteiger partial charge in [0.1, 0.15) is 0 Å². The van der Waals surface area contributed by atoms with Crippen molar-refractivity contribution in [3.8, 4) is 0 Å². The molecule has 2 spiro atoms. The largest absolute Gasteiger partial charge is 0.416 e. The number of rotatable bonds is 10. The normalized spacial score (nSPS) is 26.1. The van der Waals surface area contributed by atoms with Crippen LogP contribution in [0.3, 0.4) is 0 Å². The summed E-state index contributed by atoms with van der Waals surface area (Å²) in [6, 6.07) is 21.8. The number of hydrogen-bond donors (Lipinski definition) is 4. The number of piperidine rings is 2. The van der Waals surface area contributed by atoms with E-state index in [-0.39, 0.29) is 59.1 Å². The SMILES string of the molecule is C[C@@H](OC[C@@]1(c2ccccc2)CC[C@@]2(CNC(=O)C2)CN1)c1cc(C(F)(F)F)cc(C(F)(F)F)c1.C[C@@H](OC[C@@]1(c2ccccc2)CC[C@]2(CNC(=O)C2)CN1)c1cc(C(F)(F)F)cc(C(F)(F)F)c1. The highest BCUT2D eigenvalue weighted by Gasteiger charge is 2.49. The second-order valence-corrected chi connectivity index (χ2v) is 19.1. The van der Waals surface area contributed by atoms with Crippen LogP contribution < -0.4 is 21.3 Å². The quantitative estimate of drug-likeness (QED) is 0.118. The summed E-state index contributed by atoms with van der Waals surface area (Å²) in [4.78, 5) is 23.6. The Morgan fingerprint density at radius 3 is 1.03 bits per heavy atom. The second kappa shape index (κ2) is 19.8. The van der Waals surface area contributed by atoms with E-state index < -0.39 is 70.2 Å². The Labute approximate surface area is 396 Å². The molecular weight excluding hydrogens is 949 g/mol. The molecule has 4 aliphatic rings. The number of ether oxygens (including phenoxy) is 2. The fraction of sp³-hybridized carbons (Fsp3) is 0.480. The highest BCUT2D eigenvalue weighted by molar-refractivity contribution is 5.79. The molecule has 4 heterocycles. The highest BCUT2D eigenvalue weighted by atomic mass is 19.4. The Morgan fingerprint density at radius 2 is 0.786 bits per heavy atom. The van der Waals surface area contributed by atoms with Gasteiger partial charge < -0.3 is 30.7 Å². The number of hydrogen-bond acceptors (Lipinski definition) is 6. The lowest BCUT2D eigenvalue weighted by molar-refractivity contribution is -0.145. The smallest absolute Gasteiger partial charge is 0.372 e. The fourth-order valence-electron chi connectivity index (χ4n) is 9.71. The van der Waals surface area contributed by atoms with Crippen molar-refractivity contribution >= 4 is 11.8 Å². The zero-order valence-electron chi connectivity index (χ0n) is 38.0. The monoisotopic (exact) mass is 1000 g/mol. The molecule has 0 bridgehead atoms. The van der Waals surface area contributed by atoms with Crippen molar-refractivity contribution in [2.24, 2.45) is 10.8 Å². The number of halogens is 12. The Balaban J connectivity index is 0.000000206. The molecule has 20 heteroatoms. The highest BCUT2D eigenvalue weighted by Crippen LogP contribution is 2.45. The van der Waals surface area contributed by atoms with E-state index in [1.165, 1.54) is 13.8 Å². The van der Waals surface area contributed by atoms with Gasteiger partial charge in [-0.05, 0) is 98.2 Å². The summed E-state index contributed by atoms with van der Waals surface area (Å²) in [5, 5.41) is 12.7. The molecule has 4 aliphatic heterocycles. The Kier molecular flexibility index (Phi) is 14.9. The van der Waals surface area contributed by atoms with Gasteiger partial charge in [-0.1, -0.05) is 60.7 Å². The number of benzene rings is 4. The van der Waals surface area contributed by atoms with Crippen molar-refractivity contribution < 1.29 is 71.7 Å². The molecule has 2 amide bonds. The molecule has 0 saturated carbocycles. The van der Waals surface area contributed by atoms with Crippen LogP contribution in [-0.4, -0.2) is 51.2 Å². The molecule has 8 nitrogen and oxygen atoms in total. The molecule has 70 heavy (non-hydrogen) atoms. The van der Waals surface area contributed by atoms with Crippen molar-refractivity contribution in [2.45, 2.75) is 100 Å². The van der Waals surface area contributed by atoms with E-state index in [9.17, 15) is 62.3 Å². The van der Waals surface area contributed by atoms with Gasteiger partial charge in [0.05, 0.1) is 58.8 Å². The molecule has 0 aromatic heterocycles. The van der Waals surface area contributed by atoms with Crippen molar-refractivity contribution in [1.82, 2.24) is 21.3 Å². The zero-order chi connectivity index (χ0) is 51.0. The van der Waals surface area contributed by atoms with E-state index in [1.807, 2.05) is 60.7 Å². The Morgan fingerprint density at radius 1 is 0.471 bits per heavy atom. The van der Waals surface area contributed by atoms with Crippen LogP contribution in [0.1, 0.15) is 109 Å². The second-order valence-electron chi connectivity index (χ2n) is 19.1. The van der Waals surface area contributed by atoms with Crippen LogP contribution in [0.4, 0.5) is 52.7 Å². The maximum Gasteiger partial charge on any atom is 0.416 e. The van der Waals surface area contributed by atoms with Crippen LogP contribution in [-0.2, 0) is 54.8 Å². The minimum Gasteiger partial charge on any atom is -0.372 e. The first-order chi connectivity index (χ1) is 32.6. The lowest BCUT2D eigenvalue weighted by atomic mass is 9.71. The number of amides is 2. The van der Waals surface area contributed by atoms with Gasteiger partial charge in [-0.15, -0.1) is 0 Å². The van der Waals surface area contributed by atoms with Gasteiger partial charge in [-0.3, -0.25) is 9.59 Å². The maximum atomic E-state index is 13.3. The number of carbonyl (C=O) groups excluding carboxylic acids is 2. The first-order valence-corrected chi connectivity index (χ1v) is 22.6. The van der Waals surface area contributed by atoms with Crippen LogP contribution in [0.2, 0.25) is 0 Å². The predicted molar refractivity (Wildman–Crippen MR) is 232 cm³/mol. The molecule has 4 N–H and O–H groups in total. The van der Waals surface area contributed by atoms with Gasteiger partial charge in [0, 0.05) is 49.9 Å². The Hall–Kier alpha value is -5.18. The van der Waals surface area contributed by atoms with E-state index in [0.717, 1.165) is 11.1 Å². The van der Waals surface area contributed by atoms with E-state index in [0.29, 0.717) is 89.0 Å². The summed E-state index contributed by atoms with van der Waals surface area (Å²) in [6.07, 6.45) is -18.3. The van der Waals surface area contributed by atoms with Gasteiger partial charge in [0.2, 0.25) is 11.8 Å². The molecule has 8 rings (SSSR count). The van der Waals surface area contributed by atoms with Crippen molar-refractivity contribution in [2.75, 3.05) is 39.4 Å². The molecule has 4 aromatic rings. The summed E-state index contributed by atoms with van der Waals surface area (Å²) in [5.41, 5.74) is -5.90. The standard InChI is InChI=1S/2C25H26F6N2O2/c2*1-16(17-9-19(24(26,27)28)11-20(10-17)25(29,30)31)35-15-23(18-5-3-2-4-6-18)8-7-22(14-33-23)12-21(34)32-13-22/h2*2-6,9-11,16,33H,7-8,12-15H2,1H3,(H,32,34)/t16-,22+,23-;16-,22-,23-/m11/s1. The molecule has 4 aromatic carbocycles. The minimum atomic E-state index is -4.92. The molecule has 0 aliphatic carbocycles. The minimum absolute atomic E-state index is 0.00565. The summed E-state index contributed by atoms with van der Waals surface area (Å²) >= 11 is 0. The predicted octanol–water partition coefficient (Wildman–Crippen LogP) is 11.2. The first kappa shape index (κ1) is 52.6. The number of nitrogens with one attached hydrogen (secondary N) is 4. The third-order valence-corrected chi connectivity index (χ3v) is 14.1. The van der Waals surface area contributed by atoms with E-state index in [2.05, 4.69) is 21.3 Å². The summed E-state index contributed by atoms with van der Waals surface area (Å²) in [5.74, 6) is -0.0113. The van der Waals surface area contributed by atoms with Crippen molar-refractivity contribution in [1.29, 1.82) is 0 Å². The van der Waals surface area contributed by atoms with E-state index >= 15 is 0 Å². The van der Waals surface area contributed by atoms with Gasteiger partial charge in [0.25, 0.3) is 0 Å². The zero-order valence-corrected chi connectivity index (χ0v) is 38.0. The van der Waals surface area contributed by atoms with E-state index in [4.69, 9.17) is 9.47 Å². The number of carbonyl (C=O) groups is 2. The van der Waals surface area contributed by atoms with Crippen LogP contribution in [0.5, 0.6) is 0 Å². The van der Waals surface area contributed by atoms with Crippen molar-refractivity contribution in [3.63, 3.8) is 0 Å². The summed E-state index contributed by atoms with van der Waals surface area (Å²) in [6.45, 7) is 5.13. The molecule has 0 radical (unpaired) electrons. The fourth-order valence-corrected chi connectivity index (χ4v) is 9.71. The van der Waals surface area contributed by atoms with Crippen LogP contribution >= 0.6 is 0 Å². The lowest BCUT2D eigenvalue weighted by Gasteiger charge is -2.46. The molecule has 4 fully saturated rings. The maximum absolute atomic E-state index is 13.3. The topological polar surface area (TPSA) is 101 Å². The van der Waals surface area contributed by atoms with Gasteiger partial charge in [0.15, 0.2) is 0 Å². The summed E-state index contributed by atoms with van der Waals surface area (Å²) in [7, 11) is 0. The molecule has 0 unspecified atom stereocenters. The van der Waals surface area contributed by atoms with Gasteiger partial charge in [-0.2, -0.15) is 52.7 Å². The Bertz CT molecular complexity index is 2230. The van der Waals surface area contributed by atoms with Gasteiger partial charge >= 0.3 is 24.7 Å². The van der Waals surface area contributed by atoms with Gasteiger partial charge in [-0.25, -0.2) is 0 Å². The van der Waals surface area contributed by atoms with Crippen LogP contribution in [0.15, 0.2) is 97.1 Å². The molecule has 4 saturated heterocycles. The molecule has 380 valence electrons. The van der Waals surface area contributed by atoms with Crippen molar-refractivity contribution in [3.05, 3.63) is 142 Å². The van der Waals surface area contributed by atoms with Crippen LogP contribution in [0, 0.1) is 10.8 Å².